The van der Waals surface area contributed by atoms with E-state index in [-0.39, 0.29) is 15.9 Å². The maximum absolute atomic E-state index is 12.0. The van der Waals surface area contributed by atoms with Crippen LogP contribution in [-0.2, 0) is 14.3 Å². The number of ether oxygens (including phenoxy) is 2. The second-order valence-electron chi connectivity index (χ2n) is 7.36. The summed E-state index contributed by atoms with van der Waals surface area (Å²) in [4.78, 5) is 12.0. The smallest absolute Gasteiger partial charge is 0.143 e. The number of hydrogen-bond acceptors (Lipinski definition) is 3. The Balaban J connectivity index is 2.05. The van der Waals surface area contributed by atoms with Crippen molar-refractivity contribution in [1.82, 2.24) is 0 Å². The Labute approximate surface area is 139 Å². The largest absolute Gasteiger partial charge is 0.379 e. The van der Waals surface area contributed by atoms with Gasteiger partial charge in [0.2, 0.25) is 0 Å². The van der Waals surface area contributed by atoms with E-state index in [4.69, 9.17) is 9.47 Å². The van der Waals surface area contributed by atoms with E-state index in [0.29, 0.717) is 0 Å². The van der Waals surface area contributed by atoms with E-state index in [1.54, 1.807) is 0 Å². The monoisotopic (exact) mass is 340 g/mol. The molecule has 2 aliphatic heterocycles. The molecule has 5 heteroatoms. The Morgan fingerprint density at radius 3 is 2.32 bits per heavy atom. The minimum Gasteiger partial charge on any atom is -0.379 e. The molecule has 0 spiro atoms. The molecule has 2 saturated heterocycles. The number of rotatable bonds is 7. The Bertz CT molecular complexity index is 383. The zero-order valence-electron chi connectivity index (χ0n) is 14.4. The lowest BCUT2D eigenvalue weighted by Gasteiger charge is -2.44. The van der Waals surface area contributed by atoms with Crippen molar-refractivity contribution in [3.05, 3.63) is 12.7 Å². The highest BCUT2D eigenvalue weighted by atomic mass is 28.3. The molecule has 126 valence electrons. The van der Waals surface area contributed by atoms with Crippen molar-refractivity contribution >= 4 is 23.7 Å². The van der Waals surface area contributed by atoms with Gasteiger partial charge in [-0.25, -0.2) is 0 Å². The van der Waals surface area contributed by atoms with Crippen LogP contribution in [0, 0.1) is 0 Å². The van der Waals surface area contributed by atoms with Crippen LogP contribution in [0.1, 0.15) is 51.4 Å². The van der Waals surface area contributed by atoms with Gasteiger partial charge in [0.15, 0.2) is 0 Å². The van der Waals surface area contributed by atoms with E-state index in [2.05, 4.69) is 19.7 Å². The maximum atomic E-state index is 12.0. The minimum atomic E-state index is -0.933. The Hall–Kier alpha value is -0.236. The van der Waals surface area contributed by atoms with E-state index >= 15 is 0 Å². The Kier molecular flexibility index (Phi) is 6.62. The van der Waals surface area contributed by atoms with E-state index in [9.17, 15) is 4.79 Å². The van der Waals surface area contributed by atoms with Gasteiger partial charge in [0.25, 0.3) is 0 Å². The highest BCUT2D eigenvalue weighted by Gasteiger charge is 2.42. The van der Waals surface area contributed by atoms with Crippen molar-refractivity contribution < 1.29 is 14.3 Å². The molecule has 3 nitrogen and oxygen atoms in total. The van der Waals surface area contributed by atoms with Gasteiger partial charge in [-0.2, -0.15) is 0 Å². The summed E-state index contributed by atoms with van der Waals surface area (Å²) >= 11 is 0. The highest BCUT2D eigenvalue weighted by molar-refractivity contribution is 6.78. The quantitative estimate of drug-likeness (QED) is 0.528. The zero-order valence-corrected chi connectivity index (χ0v) is 16.9. The second kappa shape index (κ2) is 8.04. The fourth-order valence-corrected chi connectivity index (χ4v) is 7.74. The standard InChI is InChI=1S/C17H32O3Si2/c1-4-15(18)21-16(9-5-7-13-19-16)11-12-17(22(2)3)10-6-8-14-20-17/h4,22H,1,5-14,21H2,2-3H3. The van der Waals surface area contributed by atoms with Crippen molar-refractivity contribution in [2.45, 2.75) is 74.9 Å². The lowest BCUT2D eigenvalue weighted by Crippen LogP contribution is -2.51. The van der Waals surface area contributed by atoms with Gasteiger partial charge in [0, 0.05) is 13.2 Å². The van der Waals surface area contributed by atoms with Crippen LogP contribution in [0.5, 0.6) is 0 Å². The van der Waals surface area contributed by atoms with Crippen molar-refractivity contribution in [1.29, 1.82) is 0 Å². The average molecular weight is 341 g/mol. The average Bonchev–Trinajstić information content (AvgIpc) is 2.54. The maximum Gasteiger partial charge on any atom is 0.143 e. The fourth-order valence-electron chi connectivity index (χ4n) is 3.98. The summed E-state index contributed by atoms with van der Waals surface area (Å²) in [5.41, 5.74) is 0. The third-order valence-corrected chi connectivity index (χ3v) is 10.6. The summed E-state index contributed by atoms with van der Waals surface area (Å²) in [6.07, 6.45) is 10.7. The predicted molar refractivity (Wildman–Crippen MR) is 96.9 cm³/mol. The topological polar surface area (TPSA) is 35.5 Å². The molecule has 0 N–H and O–H groups in total. The van der Waals surface area contributed by atoms with Crippen LogP contribution in [0.15, 0.2) is 12.7 Å². The molecule has 0 radical (unpaired) electrons. The molecular formula is C17H32O3Si2. The van der Waals surface area contributed by atoms with Crippen LogP contribution in [0.3, 0.4) is 0 Å². The van der Waals surface area contributed by atoms with Crippen LogP contribution in [0.4, 0.5) is 0 Å². The third-order valence-electron chi connectivity index (χ3n) is 5.60. The first-order chi connectivity index (χ1) is 10.5. The molecule has 2 unspecified atom stereocenters. The molecule has 2 fully saturated rings. The molecular weight excluding hydrogens is 308 g/mol. The lowest BCUT2D eigenvalue weighted by atomic mass is 9.97. The fraction of sp³-hybridized carbons (Fsp3) is 0.824. The minimum absolute atomic E-state index is 0.124. The van der Waals surface area contributed by atoms with Gasteiger partial charge in [0.1, 0.15) is 14.9 Å². The molecule has 2 aliphatic rings. The molecule has 0 aromatic rings. The number of hydrogen-bond donors (Lipinski definition) is 0. The van der Waals surface area contributed by atoms with Gasteiger partial charge in [-0.05, 0) is 57.4 Å². The molecule has 0 aliphatic carbocycles. The molecule has 0 aromatic heterocycles. The number of carbonyl (C=O) groups excluding carboxylic acids is 1. The summed E-state index contributed by atoms with van der Waals surface area (Å²) in [6, 6.07) is 0. The number of allylic oxidation sites excluding steroid dienone is 1. The van der Waals surface area contributed by atoms with E-state index in [1.807, 2.05) is 0 Å². The normalized spacial score (nSPS) is 33.4. The first-order valence-corrected chi connectivity index (χ1v) is 13.3. The molecule has 0 aromatic carbocycles. The van der Waals surface area contributed by atoms with E-state index in [1.165, 1.54) is 31.8 Å². The SMILES string of the molecule is C=CC(=O)[SiH2]C1(CCC2([SiH](C)C)CCCCO2)CCCCO1. The number of carbonyl (C=O) groups is 1. The first kappa shape index (κ1) is 18.1. The van der Waals surface area contributed by atoms with E-state index < -0.39 is 18.3 Å². The molecule has 22 heavy (non-hydrogen) atoms. The van der Waals surface area contributed by atoms with E-state index in [0.717, 1.165) is 38.9 Å². The molecule has 0 bridgehead atoms. The summed E-state index contributed by atoms with van der Waals surface area (Å²) in [5, 5.41) is 0.264. The summed E-state index contributed by atoms with van der Waals surface area (Å²) < 4.78 is 12.5. The molecule has 0 saturated carbocycles. The molecule has 2 heterocycles. The Morgan fingerprint density at radius 2 is 1.82 bits per heavy atom. The molecule has 0 amide bonds. The van der Waals surface area contributed by atoms with Crippen LogP contribution in [0.2, 0.25) is 13.1 Å². The zero-order chi connectivity index (χ0) is 16.1. The van der Waals surface area contributed by atoms with Crippen molar-refractivity contribution in [2.75, 3.05) is 13.2 Å². The van der Waals surface area contributed by atoms with Gasteiger partial charge < -0.3 is 14.3 Å². The van der Waals surface area contributed by atoms with Gasteiger partial charge in [-0.15, -0.1) is 0 Å². The van der Waals surface area contributed by atoms with Gasteiger partial charge in [0.05, 0.1) is 19.2 Å². The van der Waals surface area contributed by atoms with Gasteiger partial charge in [-0.3, -0.25) is 0 Å². The van der Waals surface area contributed by atoms with Crippen LogP contribution in [0.25, 0.3) is 0 Å². The molecule has 2 rings (SSSR count). The lowest BCUT2D eigenvalue weighted by molar-refractivity contribution is -0.109. The first-order valence-electron chi connectivity index (χ1n) is 8.95. The molecule has 2 atom stereocenters. The highest BCUT2D eigenvalue weighted by Crippen LogP contribution is 2.37. The summed E-state index contributed by atoms with van der Waals surface area (Å²) in [7, 11) is -1.83. The second-order valence-corrected chi connectivity index (χ2v) is 13.1. The van der Waals surface area contributed by atoms with Crippen LogP contribution in [-0.4, -0.2) is 47.4 Å². The van der Waals surface area contributed by atoms with Crippen LogP contribution >= 0.6 is 0 Å². The van der Waals surface area contributed by atoms with Crippen molar-refractivity contribution in [3.8, 4) is 0 Å². The predicted octanol–water partition coefficient (Wildman–Crippen LogP) is 2.51. The van der Waals surface area contributed by atoms with Gasteiger partial charge in [-0.1, -0.05) is 19.7 Å². The van der Waals surface area contributed by atoms with Crippen molar-refractivity contribution in [3.63, 3.8) is 0 Å². The van der Waals surface area contributed by atoms with Crippen molar-refractivity contribution in [2.24, 2.45) is 0 Å². The summed E-state index contributed by atoms with van der Waals surface area (Å²) in [6.45, 7) is 10.2. The Morgan fingerprint density at radius 1 is 1.14 bits per heavy atom. The van der Waals surface area contributed by atoms with Crippen LogP contribution < -0.4 is 0 Å². The third kappa shape index (κ3) is 4.40. The van der Waals surface area contributed by atoms with Gasteiger partial charge >= 0.3 is 0 Å². The summed E-state index contributed by atoms with van der Waals surface area (Å²) in [5.74, 6) is 0.